The zero-order valence-corrected chi connectivity index (χ0v) is 10.4. The van der Waals surface area contributed by atoms with E-state index in [0.717, 1.165) is 0 Å². The number of allylic oxidation sites excluding steroid dienone is 2. The lowest BCUT2D eigenvalue weighted by atomic mass is 10.1. The molecule has 0 aromatic carbocycles. The SMILES string of the molecule is C/C=C(\C)CCCCCCCCCC. The van der Waals surface area contributed by atoms with Gasteiger partial charge in [0.2, 0.25) is 0 Å². The van der Waals surface area contributed by atoms with E-state index < -0.39 is 0 Å². The average Bonchev–Trinajstić information content (AvgIpc) is 2.21. The largest absolute Gasteiger partial charge is 0.0887 e. The molecule has 0 aromatic heterocycles. The van der Waals surface area contributed by atoms with Crippen molar-refractivity contribution in [3.63, 3.8) is 0 Å². The van der Waals surface area contributed by atoms with E-state index in [-0.39, 0.29) is 0 Å². The summed E-state index contributed by atoms with van der Waals surface area (Å²) in [5.41, 5.74) is 1.55. The first kappa shape index (κ1) is 13.7. The number of hydrogen-bond acceptors (Lipinski definition) is 0. The fourth-order valence-corrected chi connectivity index (χ4v) is 1.68. The highest BCUT2D eigenvalue weighted by Crippen LogP contribution is 2.12. The molecule has 0 fully saturated rings. The maximum absolute atomic E-state index is 2.28. The minimum atomic E-state index is 1.31. The van der Waals surface area contributed by atoms with Crippen LogP contribution in [-0.2, 0) is 0 Å². The lowest BCUT2D eigenvalue weighted by Crippen LogP contribution is -1.82. The van der Waals surface area contributed by atoms with Crippen LogP contribution in [-0.4, -0.2) is 0 Å². The van der Waals surface area contributed by atoms with Gasteiger partial charge in [-0.1, -0.05) is 63.5 Å². The van der Waals surface area contributed by atoms with Crippen LogP contribution in [0.1, 0.15) is 78.6 Å². The molecule has 0 bridgehead atoms. The highest BCUT2D eigenvalue weighted by atomic mass is 14.0. The Hall–Kier alpha value is -0.260. The van der Waals surface area contributed by atoms with Gasteiger partial charge in [-0.3, -0.25) is 0 Å². The van der Waals surface area contributed by atoms with Crippen LogP contribution in [0, 0.1) is 0 Å². The monoisotopic (exact) mass is 196 g/mol. The van der Waals surface area contributed by atoms with E-state index in [1.165, 1.54) is 57.8 Å². The van der Waals surface area contributed by atoms with Crippen LogP contribution in [0.5, 0.6) is 0 Å². The van der Waals surface area contributed by atoms with Gasteiger partial charge >= 0.3 is 0 Å². The summed E-state index contributed by atoms with van der Waals surface area (Å²) in [7, 11) is 0. The van der Waals surface area contributed by atoms with Gasteiger partial charge in [-0.2, -0.15) is 0 Å². The summed E-state index contributed by atoms with van der Waals surface area (Å²) in [6.07, 6.45) is 15.0. The lowest BCUT2D eigenvalue weighted by Gasteiger charge is -2.01. The molecular formula is C14H28. The van der Waals surface area contributed by atoms with Gasteiger partial charge in [0.15, 0.2) is 0 Å². The second-order valence-electron chi connectivity index (χ2n) is 4.36. The Kier molecular flexibility index (Phi) is 10.6. The smallest absolute Gasteiger partial charge is 0.0323 e. The minimum Gasteiger partial charge on any atom is -0.0887 e. The Bertz CT molecular complexity index is 133. The third kappa shape index (κ3) is 9.83. The van der Waals surface area contributed by atoms with Gasteiger partial charge in [-0.15, -0.1) is 0 Å². The van der Waals surface area contributed by atoms with Gasteiger partial charge in [0.05, 0.1) is 0 Å². The molecule has 0 radical (unpaired) electrons. The lowest BCUT2D eigenvalue weighted by molar-refractivity contribution is 0.575. The Morgan fingerprint density at radius 2 is 1.36 bits per heavy atom. The second kappa shape index (κ2) is 10.8. The van der Waals surface area contributed by atoms with Crippen LogP contribution in [0.3, 0.4) is 0 Å². The molecule has 0 unspecified atom stereocenters. The van der Waals surface area contributed by atoms with Crippen LogP contribution in [0.25, 0.3) is 0 Å². The van der Waals surface area contributed by atoms with Crippen molar-refractivity contribution in [2.75, 3.05) is 0 Å². The molecular weight excluding hydrogens is 168 g/mol. The van der Waals surface area contributed by atoms with E-state index in [4.69, 9.17) is 0 Å². The van der Waals surface area contributed by atoms with Gasteiger partial charge in [0, 0.05) is 0 Å². The summed E-state index contributed by atoms with van der Waals surface area (Å²) < 4.78 is 0. The Balaban J connectivity index is 2.99. The molecule has 84 valence electrons. The van der Waals surface area contributed by atoms with Gasteiger partial charge in [0.25, 0.3) is 0 Å². The van der Waals surface area contributed by atoms with E-state index in [9.17, 15) is 0 Å². The quantitative estimate of drug-likeness (QED) is 0.338. The van der Waals surface area contributed by atoms with Crippen LogP contribution < -0.4 is 0 Å². The zero-order valence-electron chi connectivity index (χ0n) is 10.4. The van der Waals surface area contributed by atoms with Gasteiger partial charge in [0.1, 0.15) is 0 Å². The molecule has 14 heavy (non-hydrogen) atoms. The molecule has 0 aliphatic rings. The second-order valence-corrected chi connectivity index (χ2v) is 4.36. The summed E-state index contributed by atoms with van der Waals surface area (Å²) in [5, 5.41) is 0. The maximum Gasteiger partial charge on any atom is -0.0323 e. The molecule has 0 aliphatic carbocycles. The van der Waals surface area contributed by atoms with E-state index in [1.54, 1.807) is 5.57 Å². The van der Waals surface area contributed by atoms with E-state index in [2.05, 4.69) is 26.8 Å². The summed E-state index contributed by atoms with van der Waals surface area (Å²) in [6.45, 7) is 6.65. The van der Waals surface area contributed by atoms with Gasteiger partial charge < -0.3 is 0 Å². The van der Waals surface area contributed by atoms with Crippen molar-refractivity contribution in [1.29, 1.82) is 0 Å². The van der Waals surface area contributed by atoms with Crippen molar-refractivity contribution in [3.8, 4) is 0 Å². The molecule has 0 aromatic rings. The molecule has 0 nitrogen and oxygen atoms in total. The number of hydrogen-bond donors (Lipinski definition) is 0. The molecule has 0 heterocycles. The summed E-state index contributed by atoms with van der Waals surface area (Å²) >= 11 is 0. The molecule has 0 heteroatoms. The van der Waals surface area contributed by atoms with Crippen molar-refractivity contribution in [3.05, 3.63) is 11.6 Å². The normalized spacial score (nSPS) is 12.1. The Morgan fingerprint density at radius 3 is 1.86 bits per heavy atom. The van der Waals surface area contributed by atoms with E-state index in [0.29, 0.717) is 0 Å². The van der Waals surface area contributed by atoms with Crippen LogP contribution >= 0.6 is 0 Å². The van der Waals surface area contributed by atoms with Crippen molar-refractivity contribution in [2.24, 2.45) is 0 Å². The first-order valence-corrected chi connectivity index (χ1v) is 6.43. The highest BCUT2D eigenvalue weighted by Gasteiger charge is 1.92. The zero-order chi connectivity index (χ0) is 10.6. The maximum atomic E-state index is 2.28. The molecule has 0 saturated carbocycles. The predicted octanol–water partition coefficient (Wildman–Crippen LogP) is 5.48. The first-order valence-electron chi connectivity index (χ1n) is 6.43. The average molecular weight is 196 g/mol. The van der Waals surface area contributed by atoms with Crippen molar-refractivity contribution in [2.45, 2.75) is 78.6 Å². The predicted molar refractivity (Wildman–Crippen MR) is 66.7 cm³/mol. The summed E-state index contributed by atoms with van der Waals surface area (Å²) in [6, 6.07) is 0. The molecule has 0 spiro atoms. The Morgan fingerprint density at radius 1 is 0.857 bits per heavy atom. The molecule has 0 rings (SSSR count). The molecule has 0 amide bonds. The van der Waals surface area contributed by atoms with Crippen LogP contribution in [0.15, 0.2) is 11.6 Å². The van der Waals surface area contributed by atoms with Crippen molar-refractivity contribution in [1.82, 2.24) is 0 Å². The summed E-state index contributed by atoms with van der Waals surface area (Å²) in [4.78, 5) is 0. The first-order chi connectivity index (χ1) is 6.81. The van der Waals surface area contributed by atoms with E-state index in [1.807, 2.05) is 0 Å². The molecule has 0 aliphatic heterocycles. The molecule has 0 N–H and O–H groups in total. The van der Waals surface area contributed by atoms with Crippen LogP contribution in [0.4, 0.5) is 0 Å². The molecule has 0 saturated heterocycles. The third-order valence-electron chi connectivity index (χ3n) is 2.92. The minimum absolute atomic E-state index is 1.31. The fourth-order valence-electron chi connectivity index (χ4n) is 1.68. The van der Waals surface area contributed by atoms with Crippen LogP contribution in [0.2, 0.25) is 0 Å². The highest BCUT2D eigenvalue weighted by molar-refractivity contribution is 4.94. The third-order valence-corrected chi connectivity index (χ3v) is 2.92. The fraction of sp³-hybridized carbons (Fsp3) is 0.857. The number of rotatable bonds is 9. The van der Waals surface area contributed by atoms with Gasteiger partial charge in [-0.05, 0) is 26.7 Å². The topological polar surface area (TPSA) is 0 Å². The van der Waals surface area contributed by atoms with Crippen molar-refractivity contribution < 1.29 is 0 Å². The standard InChI is InChI=1S/C14H28/c1-4-6-7-8-9-10-11-12-13-14(3)5-2/h5H,4,6-13H2,1-3H3/b14-5+. The van der Waals surface area contributed by atoms with E-state index >= 15 is 0 Å². The van der Waals surface area contributed by atoms with Crippen molar-refractivity contribution >= 4 is 0 Å². The number of unbranched alkanes of at least 4 members (excludes halogenated alkanes) is 7. The Labute approximate surface area is 90.8 Å². The summed E-state index contributed by atoms with van der Waals surface area (Å²) in [5.74, 6) is 0. The molecule has 0 atom stereocenters. The van der Waals surface area contributed by atoms with Gasteiger partial charge in [-0.25, -0.2) is 0 Å².